The van der Waals surface area contributed by atoms with Crippen molar-refractivity contribution in [1.82, 2.24) is 4.90 Å². The van der Waals surface area contributed by atoms with Gasteiger partial charge in [0.1, 0.15) is 11.5 Å². The van der Waals surface area contributed by atoms with Crippen molar-refractivity contribution < 1.29 is 14.0 Å². The summed E-state index contributed by atoms with van der Waals surface area (Å²) in [4.78, 5) is 30.3. The van der Waals surface area contributed by atoms with Gasteiger partial charge in [-0.15, -0.1) is 0 Å². The van der Waals surface area contributed by atoms with Crippen molar-refractivity contribution in [3.63, 3.8) is 0 Å². The number of halogens is 1. The second-order valence-electron chi connectivity index (χ2n) is 6.69. The van der Waals surface area contributed by atoms with Gasteiger partial charge in [-0.2, -0.15) is 4.99 Å². The van der Waals surface area contributed by atoms with Crippen molar-refractivity contribution in [2.45, 2.75) is 12.8 Å². The third kappa shape index (κ3) is 4.07. The van der Waals surface area contributed by atoms with E-state index in [9.17, 15) is 9.59 Å². The fourth-order valence-corrected chi connectivity index (χ4v) is 4.59. The number of nitrogens with two attached hydrogens (primary N) is 1. The van der Waals surface area contributed by atoms with E-state index >= 15 is 0 Å². The predicted molar refractivity (Wildman–Crippen MR) is 113 cm³/mol. The number of carbonyl (C=O) groups excluding carboxylic acids is 2. The molecule has 1 aromatic carbocycles. The number of primary amides is 1. The molecule has 2 amide bonds. The number of furan rings is 1. The molecule has 0 aliphatic carbocycles. The first-order chi connectivity index (χ1) is 13.5. The Morgan fingerprint density at radius 1 is 1.29 bits per heavy atom. The van der Waals surface area contributed by atoms with Crippen LogP contribution in [0.5, 0.6) is 0 Å². The average Bonchev–Trinajstić information content (AvgIpc) is 3.29. The van der Waals surface area contributed by atoms with Crippen LogP contribution < -0.4 is 5.73 Å². The van der Waals surface area contributed by atoms with E-state index in [0.29, 0.717) is 41.8 Å². The molecule has 144 valence electrons. The molecule has 0 radical (unpaired) electrons. The maximum absolute atomic E-state index is 12.3. The molecule has 1 aromatic heterocycles. The predicted octanol–water partition coefficient (Wildman–Crippen LogP) is 3.88. The standard InChI is InChI=1S/C20H18BrN3O3S/c21-14-3-1-2-13(10-14)16-5-4-15(27-16)11-17-19(26)23-20(28-17)24-8-6-12(7-9-24)18(22)25/h1-5,10-12H,6-9H2,(H2,22,25). The number of hydrogen-bond donors (Lipinski definition) is 1. The molecule has 1 saturated heterocycles. The van der Waals surface area contributed by atoms with Crippen molar-refractivity contribution in [3.8, 4) is 11.3 Å². The van der Waals surface area contributed by atoms with Gasteiger partial charge in [0.25, 0.3) is 5.91 Å². The molecule has 4 rings (SSSR count). The van der Waals surface area contributed by atoms with E-state index < -0.39 is 0 Å². The molecule has 8 heteroatoms. The van der Waals surface area contributed by atoms with Crippen molar-refractivity contribution in [1.29, 1.82) is 0 Å². The van der Waals surface area contributed by atoms with Gasteiger partial charge in [-0.25, -0.2) is 0 Å². The second-order valence-corrected chi connectivity index (χ2v) is 8.61. The van der Waals surface area contributed by atoms with E-state index in [-0.39, 0.29) is 17.7 Å². The Kier molecular flexibility index (Phi) is 5.41. The Hall–Kier alpha value is -2.32. The minimum Gasteiger partial charge on any atom is -0.457 e. The molecule has 0 saturated carbocycles. The fraction of sp³-hybridized carbons (Fsp3) is 0.250. The Balaban J connectivity index is 1.45. The van der Waals surface area contributed by atoms with E-state index in [4.69, 9.17) is 10.2 Å². The highest BCUT2D eigenvalue weighted by atomic mass is 79.9. The van der Waals surface area contributed by atoms with Crippen LogP contribution in [0.15, 0.2) is 55.2 Å². The Bertz CT molecular complexity index is 990. The van der Waals surface area contributed by atoms with Crippen LogP contribution in [-0.4, -0.2) is 35.0 Å². The lowest BCUT2D eigenvalue weighted by Crippen LogP contribution is -2.40. The van der Waals surface area contributed by atoms with Crippen LogP contribution in [0.25, 0.3) is 17.4 Å². The van der Waals surface area contributed by atoms with Crippen LogP contribution in [0.1, 0.15) is 18.6 Å². The summed E-state index contributed by atoms with van der Waals surface area (Å²) in [6, 6.07) is 11.6. The van der Waals surface area contributed by atoms with Gasteiger partial charge in [0.2, 0.25) is 5.91 Å². The number of hydrogen-bond acceptors (Lipinski definition) is 5. The van der Waals surface area contributed by atoms with Gasteiger partial charge in [-0.05, 0) is 48.9 Å². The van der Waals surface area contributed by atoms with Crippen LogP contribution in [-0.2, 0) is 9.59 Å². The minimum absolute atomic E-state index is 0.0893. The van der Waals surface area contributed by atoms with Gasteiger partial charge in [-0.1, -0.05) is 28.1 Å². The largest absolute Gasteiger partial charge is 0.457 e. The lowest BCUT2D eigenvalue weighted by atomic mass is 9.97. The Labute approximate surface area is 175 Å². The molecule has 2 aromatic rings. The minimum atomic E-state index is -0.266. The summed E-state index contributed by atoms with van der Waals surface area (Å²) < 4.78 is 6.85. The van der Waals surface area contributed by atoms with Crippen LogP contribution >= 0.6 is 27.7 Å². The zero-order chi connectivity index (χ0) is 19.7. The molecule has 0 spiro atoms. The monoisotopic (exact) mass is 459 g/mol. The molecule has 1 fully saturated rings. The number of benzene rings is 1. The molecule has 0 bridgehead atoms. The molecule has 6 nitrogen and oxygen atoms in total. The summed E-state index contributed by atoms with van der Waals surface area (Å²) in [5, 5.41) is 0.679. The highest BCUT2D eigenvalue weighted by molar-refractivity contribution is 9.10. The molecule has 28 heavy (non-hydrogen) atoms. The SMILES string of the molecule is NC(=O)C1CCN(C2=NC(=O)C(=Cc3ccc(-c4cccc(Br)c4)o3)S2)CC1. The summed E-state index contributed by atoms with van der Waals surface area (Å²) in [6.07, 6.45) is 3.10. The number of thioether (sulfide) groups is 1. The van der Waals surface area contributed by atoms with Crippen LogP contribution in [0.4, 0.5) is 0 Å². The van der Waals surface area contributed by atoms with Crippen molar-refractivity contribution >= 4 is 50.7 Å². The smallest absolute Gasteiger partial charge is 0.286 e. The summed E-state index contributed by atoms with van der Waals surface area (Å²) in [7, 11) is 0. The van der Waals surface area contributed by atoms with Gasteiger partial charge >= 0.3 is 0 Å². The third-order valence-corrected chi connectivity index (χ3v) is 6.32. The first-order valence-corrected chi connectivity index (χ1v) is 10.5. The molecule has 2 N–H and O–H groups in total. The Morgan fingerprint density at radius 3 is 2.79 bits per heavy atom. The quantitative estimate of drug-likeness (QED) is 0.703. The van der Waals surface area contributed by atoms with Crippen LogP contribution in [0, 0.1) is 5.92 Å². The van der Waals surface area contributed by atoms with Crippen molar-refractivity contribution in [3.05, 3.63) is 51.5 Å². The first-order valence-electron chi connectivity index (χ1n) is 8.92. The lowest BCUT2D eigenvalue weighted by molar-refractivity contribution is -0.123. The van der Waals surface area contributed by atoms with Crippen molar-refractivity contribution in [2.75, 3.05) is 13.1 Å². The molecular weight excluding hydrogens is 442 g/mol. The lowest BCUT2D eigenvalue weighted by Gasteiger charge is -2.31. The van der Waals surface area contributed by atoms with Crippen molar-refractivity contribution in [2.24, 2.45) is 16.6 Å². The number of aliphatic imine (C=N–C) groups is 1. The van der Waals surface area contributed by atoms with Gasteiger partial charge < -0.3 is 15.1 Å². The van der Waals surface area contributed by atoms with E-state index in [0.717, 1.165) is 15.8 Å². The first kappa shape index (κ1) is 19.0. The van der Waals surface area contributed by atoms with E-state index in [1.165, 1.54) is 11.8 Å². The number of amidine groups is 1. The fourth-order valence-electron chi connectivity index (χ4n) is 3.25. The van der Waals surface area contributed by atoms with Gasteiger partial charge in [-0.3, -0.25) is 9.59 Å². The number of likely N-dealkylation sites (tertiary alicyclic amines) is 1. The number of nitrogens with zero attached hydrogens (tertiary/aromatic N) is 2. The summed E-state index contributed by atoms with van der Waals surface area (Å²) in [5.74, 6) is 0.732. The summed E-state index contributed by atoms with van der Waals surface area (Å²) >= 11 is 4.80. The van der Waals surface area contributed by atoms with Gasteiger partial charge in [0, 0.05) is 35.1 Å². The zero-order valence-electron chi connectivity index (χ0n) is 14.9. The second kappa shape index (κ2) is 7.97. The zero-order valence-corrected chi connectivity index (χ0v) is 17.3. The number of carbonyl (C=O) groups is 2. The topological polar surface area (TPSA) is 88.9 Å². The molecule has 0 atom stereocenters. The van der Waals surface area contributed by atoms with E-state index in [1.54, 1.807) is 6.08 Å². The number of amides is 2. The normalized spacial score (nSPS) is 19.3. The molecule has 2 aliphatic heterocycles. The van der Waals surface area contributed by atoms with Gasteiger partial charge in [0.15, 0.2) is 5.17 Å². The average molecular weight is 460 g/mol. The molecule has 0 unspecified atom stereocenters. The number of rotatable bonds is 3. The maximum Gasteiger partial charge on any atom is 0.286 e. The molecular formula is C20H18BrN3O3S. The molecule has 3 heterocycles. The number of piperidine rings is 1. The third-order valence-electron chi connectivity index (χ3n) is 4.79. The van der Waals surface area contributed by atoms with Gasteiger partial charge in [0.05, 0.1) is 4.91 Å². The van der Waals surface area contributed by atoms with Crippen LogP contribution in [0.2, 0.25) is 0 Å². The highest BCUT2D eigenvalue weighted by Crippen LogP contribution is 2.33. The maximum atomic E-state index is 12.3. The van der Waals surface area contributed by atoms with E-state index in [1.807, 2.05) is 41.3 Å². The summed E-state index contributed by atoms with van der Waals surface area (Å²) in [6.45, 7) is 1.35. The highest BCUT2D eigenvalue weighted by Gasteiger charge is 2.30. The molecule has 2 aliphatic rings. The van der Waals surface area contributed by atoms with Crippen LogP contribution in [0.3, 0.4) is 0 Å². The summed E-state index contributed by atoms with van der Waals surface area (Å²) in [5.41, 5.74) is 6.34. The van der Waals surface area contributed by atoms with E-state index in [2.05, 4.69) is 20.9 Å². The Morgan fingerprint density at radius 2 is 2.07 bits per heavy atom.